The molecule has 0 heterocycles. The number of nitrogens with one attached hydrogen (secondary N) is 1. The van der Waals surface area contributed by atoms with Crippen LogP contribution in [0, 0.1) is 0 Å². The summed E-state index contributed by atoms with van der Waals surface area (Å²) in [5.41, 5.74) is 8.11. The SMILES string of the molecule is COc1ccc(NC(=O)c2ccc(C(C)N)cc2)cc1. The Labute approximate surface area is 118 Å². The zero-order valence-electron chi connectivity index (χ0n) is 11.6. The molecule has 2 aromatic carbocycles. The number of methoxy groups -OCH3 is 1. The Morgan fingerprint density at radius 2 is 1.70 bits per heavy atom. The molecule has 0 aromatic heterocycles. The van der Waals surface area contributed by atoms with Crippen LogP contribution < -0.4 is 15.8 Å². The topological polar surface area (TPSA) is 64.3 Å². The number of carbonyl (C=O) groups excluding carboxylic acids is 1. The molecule has 2 aromatic rings. The predicted octanol–water partition coefficient (Wildman–Crippen LogP) is 2.97. The Morgan fingerprint density at radius 1 is 1.10 bits per heavy atom. The summed E-state index contributed by atoms with van der Waals surface area (Å²) in [5.74, 6) is 0.607. The zero-order valence-corrected chi connectivity index (χ0v) is 11.6. The Balaban J connectivity index is 2.07. The Morgan fingerprint density at radius 3 is 2.20 bits per heavy atom. The van der Waals surface area contributed by atoms with E-state index >= 15 is 0 Å². The lowest BCUT2D eigenvalue weighted by atomic mass is 10.1. The third-order valence-corrected chi connectivity index (χ3v) is 3.05. The summed E-state index contributed by atoms with van der Waals surface area (Å²) in [6.07, 6.45) is 0. The summed E-state index contributed by atoms with van der Waals surface area (Å²) in [5, 5.41) is 2.83. The fraction of sp³-hybridized carbons (Fsp3) is 0.188. The van der Waals surface area contributed by atoms with Gasteiger partial charge >= 0.3 is 0 Å². The minimum atomic E-state index is -0.147. The van der Waals surface area contributed by atoms with Gasteiger partial charge in [-0.05, 0) is 48.9 Å². The van der Waals surface area contributed by atoms with Gasteiger partial charge in [-0.2, -0.15) is 0 Å². The third-order valence-electron chi connectivity index (χ3n) is 3.05. The largest absolute Gasteiger partial charge is 0.497 e. The van der Waals surface area contributed by atoms with Crippen LogP contribution in [0.3, 0.4) is 0 Å². The van der Waals surface area contributed by atoms with Crippen molar-refractivity contribution in [3.8, 4) is 5.75 Å². The van der Waals surface area contributed by atoms with Gasteiger partial charge in [0.25, 0.3) is 5.91 Å². The van der Waals surface area contributed by atoms with Crippen molar-refractivity contribution >= 4 is 11.6 Å². The first-order valence-electron chi connectivity index (χ1n) is 6.41. The molecular weight excluding hydrogens is 252 g/mol. The number of hydrogen-bond acceptors (Lipinski definition) is 3. The summed E-state index contributed by atoms with van der Waals surface area (Å²) in [6.45, 7) is 1.91. The number of benzene rings is 2. The first kappa shape index (κ1) is 14.1. The van der Waals surface area contributed by atoms with E-state index in [0.29, 0.717) is 5.56 Å². The summed E-state index contributed by atoms with van der Waals surface area (Å²) in [6, 6.07) is 14.5. The van der Waals surface area contributed by atoms with Crippen LogP contribution in [0.5, 0.6) is 5.75 Å². The van der Waals surface area contributed by atoms with Gasteiger partial charge in [0.2, 0.25) is 0 Å². The van der Waals surface area contributed by atoms with Crippen molar-refractivity contribution in [1.29, 1.82) is 0 Å². The van der Waals surface area contributed by atoms with Crippen molar-refractivity contribution in [3.05, 3.63) is 59.7 Å². The maximum atomic E-state index is 12.1. The molecule has 3 N–H and O–H groups in total. The average Bonchev–Trinajstić information content (AvgIpc) is 2.48. The molecule has 0 saturated heterocycles. The molecule has 1 unspecified atom stereocenters. The molecule has 104 valence electrons. The van der Waals surface area contributed by atoms with Crippen molar-refractivity contribution in [3.63, 3.8) is 0 Å². The van der Waals surface area contributed by atoms with E-state index in [9.17, 15) is 4.79 Å². The summed E-state index contributed by atoms with van der Waals surface area (Å²) >= 11 is 0. The quantitative estimate of drug-likeness (QED) is 0.897. The van der Waals surface area contributed by atoms with E-state index in [1.807, 2.05) is 19.1 Å². The highest BCUT2D eigenvalue weighted by Gasteiger charge is 2.07. The molecule has 20 heavy (non-hydrogen) atoms. The van der Waals surface area contributed by atoms with Crippen LogP contribution in [0.15, 0.2) is 48.5 Å². The van der Waals surface area contributed by atoms with Gasteiger partial charge in [-0.3, -0.25) is 4.79 Å². The molecule has 0 fully saturated rings. The van der Waals surface area contributed by atoms with Crippen LogP contribution in [-0.4, -0.2) is 13.0 Å². The summed E-state index contributed by atoms with van der Waals surface area (Å²) in [7, 11) is 1.60. The van der Waals surface area contributed by atoms with E-state index < -0.39 is 0 Å². The van der Waals surface area contributed by atoms with E-state index in [4.69, 9.17) is 10.5 Å². The number of ether oxygens (including phenoxy) is 1. The van der Waals surface area contributed by atoms with Crippen LogP contribution in [0.1, 0.15) is 28.9 Å². The maximum Gasteiger partial charge on any atom is 0.255 e. The van der Waals surface area contributed by atoms with E-state index in [0.717, 1.165) is 17.0 Å². The second-order valence-corrected chi connectivity index (χ2v) is 4.59. The molecule has 0 aliphatic rings. The minimum Gasteiger partial charge on any atom is -0.497 e. The van der Waals surface area contributed by atoms with Gasteiger partial charge < -0.3 is 15.8 Å². The summed E-state index contributed by atoms with van der Waals surface area (Å²) in [4.78, 5) is 12.1. The lowest BCUT2D eigenvalue weighted by Gasteiger charge is -2.08. The molecule has 0 spiro atoms. The minimum absolute atomic E-state index is 0.0336. The molecule has 2 rings (SSSR count). The van der Waals surface area contributed by atoms with Crippen molar-refractivity contribution in [2.24, 2.45) is 5.73 Å². The highest BCUT2D eigenvalue weighted by molar-refractivity contribution is 6.04. The van der Waals surface area contributed by atoms with Gasteiger partial charge in [-0.1, -0.05) is 12.1 Å². The van der Waals surface area contributed by atoms with Gasteiger partial charge in [-0.15, -0.1) is 0 Å². The smallest absolute Gasteiger partial charge is 0.255 e. The molecule has 4 nitrogen and oxygen atoms in total. The molecule has 0 aliphatic carbocycles. The molecule has 1 amide bonds. The van der Waals surface area contributed by atoms with Crippen molar-refractivity contribution < 1.29 is 9.53 Å². The standard InChI is InChI=1S/C16H18N2O2/c1-11(17)12-3-5-13(6-4-12)16(19)18-14-7-9-15(20-2)10-8-14/h3-11H,17H2,1-2H3,(H,18,19). The number of rotatable bonds is 4. The first-order chi connectivity index (χ1) is 9.60. The average molecular weight is 270 g/mol. The second-order valence-electron chi connectivity index (χ2n) is 4.59. The monoisotopic (exact) mass is 270 g/mol. The molecular formula is C16H18N2O2. The van der Waals surface area contributed by atoms with E-state index in [1.54, 1.807) is 43.5 Å². The highest BCUT2D eigenvalue weighted by Crippen LogP contribution is 2.16. The Bertz CT molecular complexity index is 574. The van der Waals surface area contributed by atoms with Crippen LogP contribution >= 0.6 is 0 Å². The van der Waals surface area contributed by atoms with Crippen molar-refractivity contribution in [1.82, 2.24) is 0 Å². The number of anilines is 1. The molecule has 4 heteroatoms. The molecule has 1 atom stereocenters. The number of nitrogens with two attached hydrogens (primary N) is 1. The van der Waals surface area contributed by atoms with Crippen molar-refractivity contribution in [2.75, 3.05) is 12.4 Å². The van der Waals surface area contributed by atoms with Gasteiger partial charge in [0.05, 0.1) is 7.11 Å². The number of carbonyl (C=O) groups is 1. The zero-order chi connectivity index (χ0) is 14.5. The Hall–Kier alpha value is -2.33. The Kier molecular flexibility index (Phi) is 4.38. The normalized spacial score (nSPS) is 11.8. The van der Waals surface area contributed by atoms with Crippen LogP contribution in [0.2, 0.25) is 0 Å². The van der Waals surface area contributed by atoms with E-state index in [1.165, 1.54) is 0 Å². The molecule has 0 bridgehead atoms. The van der Waals surface area contributed by atoms with Crippen LogP contribution in [-0.2, 0) is 0 Å². The van der Waals surface area contributed by atoms with E-state index in [2.05, 4.69) is 5.32 Å². The molecule has 0 saturated carbocycles. The van der Waals surface area contributed by atoms with Gasteiger partial charge in [0.15, 0.2) is 0 Å². The van der Waals surface area contributed by atoms with Gasteiger partial charge in [-0.25, -0.2) is 0 Å². The van der Waals surface area contributed by atoms with Gasteiger partial charge in [0, 0.05) is 17.3 Å². The number of amides is 1. The van der Waals surface area contributed by atoms with Crippen LogP contribution in [0.4, 0.5) is 5.69 Å². The van der Waals surface area contributed by atoms with Gasteiger partial charge in [0.1, 0.15) is 5.75 Å². The predicted molar refractivity (Wildman–Crippen MR) is 80.0 cm³/mol. The second kappa shape index (κ2) is 6.21. The maximum absolute atomic E-state index is 12.1. The molecule has 0 radical (unpaired) electrons. The lowest BCUT2D eigenvalue weighted by Crippen LogP contribution is -2.12. The fourth-order valence-corrected chi connectivity index (χ4v) is 1.82. The first-order valence-corrected chi connectivity index (χ1v) is 6.41. The van der Waals surface area contributed by atoms with Crippen molar-refractivity contribution in [2.45, 2.75) is 13.0 Å². The fourth-order valence-electron chi connectivity index (χ4n) is 1.82. The lowest BCUT2D eigenvalue weighted by molar-refractivity contribution is 0.102. The highest BCUT2D eigenvalue weighted by atomic mass is 16.5. The summed E-state index contributed by atoms with van der Waals surface area (Å²) < 4.78 is 5.07. The van der Waals surface area contributed by atoms with Crippen LogP contribution in [0.25, 0.3) is 0 Å². The molecule has 0 aliphatic heterocycles. The third kappa shape index (κ3) is 3.36. The number of hydrogen-bond donors (Lipinski definition) is 2. The van der Waals surface area contributed by atoms with E-state index in [-0.39, 0.29) is 11.9 Å².